The summed E-state index contributed by atoms with van der Waals surface area (Å²) in [6.07, 6.45) is -0.550. The van der Waals surface area contributed by atoms with Gasteiger partial charge in [0.15, 0.2) is 6.49 Å². The van der Waals surface area contributed by atoms with E-state index in [1.165, 1.54) is 17.4 Å². The van der Waals surface area contributed by atoms with E-state index in [0.717, 1.165) is 16.7 Å². The Hall–Kier alpha value is -3.57. The molecule has 0 aliphatic carbocycles. The molecule has 232 valence electrons. The van der Waals surface area contributed by atoms with Crippen molar-refractivity contribution in [3.63, 3.8) is 0 Å². The van der Waals surface area contributed by atoms with Crippen LogP contribution in [0.3, 0.4) is 0 Å². The number of benzene rings is 3. The molecule has 1 fully saturated rings. The van der Waals surface area contributed by atoms with E-state index in [-0.39, 0.29) is 13.0 Å². The van der Waals surface area contributed by atoms with Gasteiger partial charge in [-0.1, -0.05) is 54.6 Å². The molecule has 4 atom stereocenters. The number of nitrogens with zero attached hydrogens (tertiary/aromatic N) is 1. The molecule has 0 radical (unpaired) electrons. The number of rotatable bonds is 11. The zero-order valence-electron chi connectivity index (χ0n) is 24.8. The van der Waals surface area contributed by atoms with Crippen molar-refractivity contribution in [1.82, 2.24) is 9.55 Å². The van der Waals surface area contributed by atoms with Gasteiger partial charge >= 0.3 is 5.69 Å². The standard InChI is InChI=1S/C32H35N2O8PS/c1-21-19-34(31(36)33-30(21)35)29-18-27(42-43(4,37)44)28(41-29)20-40-32(22-8-6-5-7-9-22,23-10-14-25(38-2)15-11-23)24-12-16-26(39-3)17-13-24/h5-17,19,27-29H,18,20H2,1-4H3,(H,37,44)(H,33,35,36)/t27-,28+,29+,43?/m0/s1/i37+2. The highest BCUT2D eigenvalue weighted by atomic mass is 32.5. The molecule has 5 rings (SSSR count). The third-order valence-corrected chi connectivity index (χ3v) is 8.53. The summed E-state index contributed by atoms with van der Waals surface area (Å²) < 4.78 is 31.5. The van der Waals surface area contributed by atoms with Crippen LogP contribution in [0.2, 0.25) is 0 Å². The van der Waals surface area contributed by atoms with Crippen molar-refractivity contribution in [2.45, 2.75) is 37.4 Å². The minimum absolute atomic E-state index is 0.000534. The highest BCUT2D eigenvalue weighted by Gasteiger charge is 2.44. The highest BCUT2D eigenvalue weighted by molar-refractivity contribution is 8.09. The van der Waals surface area contributed by atoms with Gasteiger partial charge in [0.05, 0.1) is 26.9 Å². The highest BCUT2D eigenvalue weighted by Crippen LogP contribution is 2.46. The second kappa shape index (κ2) is 13.2. The van der Waals surface area contributed by atoms with Crippen LogP contribution in [0.25, 0.3) is 0 Å². The van der Waals surface area contributed by atoms with Crippen LogP contribution in [0.1, 0.15) is 34.9 Å². The second-order valence-corrected chi connectivity index (χ2v) is 14.5. The lowest BCUT2D eigenvalue weighted by Gasteiger charge is -2.37. The number of aromatic nitrogens is 2. The van der Waals surface area contributed by atoms with Gasteiger partial charge < -0.3 is 28.4 Å². The van der Waals surface area contributed by atoms with Gasteiger partial charge in [0, 0.05) is 24.8 Å². The van der Waals surface area contributed by atoms with E-state index in [2.05, 4.69) is 4.98 Å². The summed E-state index contributed by atoms with van der Waals surface area (Å²) in [7, 11) is 3.22. The maximum atomic E-state index is 12.7. The average Bonchev–Trinajstić information content (AvgIpc) is 3.41. The fourth-order valence-corrected chi connectivity index (χ4v) is 6.52. The third-order valence-electron chi connectivity index (χ3n) is 7.61. The van der Waals surface area contributed by atoms with Gasteiger partial charge in [0.25, 0.3) is 5.56 Å². The van der Waals surface area contributed by atoms with Crippen LogP contribution < -0.4 is 20.7 Å². The first-order chi connectivity index (χ1) is 21.0. The predicted molar refractivity (Wildman–Crippen MR) is 170 cm³/mol. The number of ether oxygens (including phenoxy) is 4. The van der Waals surface area contributed by atoms with Gasteiger partial charge in [0.1, 0.15) is 29.4 Å². The number of methoxy groups -OCH3 is 2. The first-order valence-electron chi connectivity index (χ1n) is 14.0. The number of aromatic amines is 1. The maximum Gasteiger partial charge on any atom is 0.330 e. The van der Waals surface area contributed by atoms with Crippen molar-refractivity contribution < 1.29 is 28.4 Å². The molecule has 1 aliphatic heterocycles. The summed E-state index contributed by atoms with van der Waals surface area (Å²) in [5.74, 6) is 1.39. The zero-order valence-corrected chi connectivity index (χ0v) is 26.5. The Kier molecular flexibility index (Phi) is 9.55. The van der Waals surface area contributed by atoms with Crippen molar-refractivity contribution in [2.75, 3.05) is 27.5 Å². The number of hydrogen-bond acceptors (Lipinski definition) is 8. The summed E-state index contributed by atoms with van der Waals surface area (Å²) in [5.41, 5.74) is 0.675. The van der Waals surface area contributed by atoms with Crippen molar-refractivity contribution in [1.29, 1.82) is 0 Å². The van der Waals surface area contributed by atoms with Gasteiger partial charge in [-0.15, -0.1) is 0 Å². The van der Waals surface area contributed by atoms with Crippen LogP contribution in [0.5, 0.6) is 11.5 Å². The lowest BCUT2D eigenvalue weighted by molar-refractivity contribution is -0.0915. The Balaban J connectivity index is 1.59. The molecule has 2 heterocycles. The summed E-state index contributed by atoms with van der Waals surface area (Å²) in [5, 5.41) is 0. The lowest BCUT2D eigenvalue weighted by atomic mass is 9.80. The van der Waals surface area contributed by atoms with Crippen molar-refractivity contribution >= 4 is 18.3 Å². The van der Waals surface area contributed by atoms with Gasteiger partial charge in [-0.3, -0.25) is 14.3 Å². The first-order valence-corrected chi connectivity index (χ1v) is 17.1. The van der Waals surface area contributed by atoms with E-state index < -0.39 is 41.8 Å². The number of hydrogen-bond donors (Lipinski definition) is 2. The Labute approximate surface area is 260 Å². The molecule has 12 heteroatoms. The van der Waals surface area contributed by atoms with Gasteiger partial charge in [-0.05, 0) is 59.7 Å². The normalized spacial score (nSPS) is 19.8. The van der Waals surface area contributed by atoms with E-state index >= 15 is 0 Å². The SMILES string of the molecule is COc1ccc(C(OC[C@H]2O[C@@H](n3cc(C)c(=O)[nH]c3=O)C[C@@H]2OP(C)([18OH])=S)(c2ccccc2)c2ccc(OC)cc2)cc1. The smallest absolute Gasteiger partial charge is 0.330 e. The van der Waals surface area contributed by atoms with Crippen LogP contribution in [-0.4, -0.2) is 54.1 Å². The molecule has 2 N–H and O–H groups in total. The summed E-state index contributed by atoms with van der Waals surface area (Å²) in [4.78, 5) is 37.6. The molecule has 3 aromatic carbocycles. The summed E-state index contributed by atoms with van der Waals surface area (Å²) in [6, 6.07) is 25.1. The van der Waals surface area contributed by atoms with E-state index in [1.54, 1.807) is 21.1 Å². The van der Waals surface area contributed by atoms with Gasteiger partial charge in [-0.2, -0.15) is 0 Å². The number of nitrogens with one attached hydrogen (secondary N) is 1. The maximum absolute atomic E-state index is 12.7. The van der Waals surface area contributed by atoms with Crippen molar-refractivity contribution in [2.24, 2.45) is 0 Å². The lowest BCUT2D eigenvalue weighted by Crippen LogP contribution is -2.38. The zero-order chi connectivity index (χ0) is 31.5. The molecular formula is C32H35N2O8PS. The average molecular weight is 641 g/mol. The van der Waals surface area contributed by atoms with E-state index in [1.807, 2.05) is 78.9 Å². The second-order valence-electron chi connectivity index (χ2n) is 10.6. The minimum Gasteiger partial charge on any atom is -0.497 e. The molecular weight excluding hydrogens is 605 g/mol. The van der Waals surface area contributed by atoms with Crippen LogP contribution >= 0.6 is 6.49 Å². The Bertz CT molecular complexity index is 1690. The van der Waals surface area contributed by atoms with Crippen molar-refractivity contribution in [3.8, 4) is 11.5 Å². The Morgan fingerprint density at radius 1 is 0.955 bits per heavy atom. The van der Waals surface area contributed by atoms with E-state index in [4.69, 9.17) is 35.3 Å². The first kappa shape index (κ1) is 31.8. The van der Waals surface area contributed by atoms with Crippen LogP contribution in [-0.2, 0) is 31.4 Å². The minimum atomic E-state index is -3.13. The Morgan fingerprint density at radius 2 is 1.50 bits per heavy atom. The number of H-pyrrole nitrogens is 1. The molecule has 0 amide bonds. The third kappa shape index (κ3) is 6.73. The Morgan fingerprint density at radius 3 is 2.02 bits per heavy atom. The predicted octanol–water partition coefficient (Wildman–Crippen LogP) is 4.48. The molecule has 1 aromatic heterocycles. The fourth-order valence-electron chi connectivity index (χ4n) is 5.46. The molecule has 10 nitrogen and oxygen atoms in total. The van der Waals surface area contributed by atoms with E-state index in [9.17, 15) is 14.5 Å². The molecule has 0 spiro atoms. The monoisotopic (exact) mass is 640 g/mol. The van der Waals surface area contributed by atoms with Gasteiger partial charge in [0.2, 0.25) is 0 Å². The number of aryl methyl sites for hydroxylation is 1. The topological polar surface area (TPSA) is 121 Å². The van der Waals surface area contributed by atoms with Crippen LogP contribution in [0, 0.1) is 6.92 Å². The molecule has 1 unspecified atom stereocenters. The molecule has 1 aliphatic rings. The molecule has 0 saturated carbocycles. The van der Waals surface area contributed by atoms with Crippen molar-refractivity contribution in [3.05, 3.63) is 128 Å². The quantitative estimate of drug-likeness (QED) is 0.139. The summed E-state index contributed by atoms with van der Waals surface area (Å²) in [6.45, 7) is -0.0589. The molecule has 0 bridgehead atoms. The van der Waals surface area contributed by atoms with Gasteiger partial charge in [-0.25, -0.2) is 4.79 Å². The molecule has 1 saturated heterocycles. The van der Waals surface area contributed by atoms with Crippen LogP contribution in [0.15, 0.2) is 94.6 Å². The summed E-state index contributed by atoms with van der Waals surface area (Å²) >= 11 is 5.24. The van der Waals surface area contributed by atoms with Crippen LogP contribution in [0.4, 0.5) is 0 Å². The van der Waals surface area contributed by atoms with E-state index in [0.29, 0.717) is 17.1 Å². The molecule has 44 heavy (non-hydrogen) atoms. The molecule has 4 aromatic rings. The fraction of sp³-hybridized carbons (Fsp3) is 0.312. The largest absolute Gasteiger partial charge is 0.497 e.